The molecule has 36 heavy (non-hydrogen) atoms. The quantitative estimate of drug-likeness (QED) is 0.234. The number of benzene rings is 3. The van der Waals surface area contributed by atoms with Crippen LogP contribution in [0, 0.1) is 23.4 Å². The van der Waals surface area contributed by atoms with Crippen molar-refractivity contribution in [3.05, 3.63) is 83.7 Å². The highest BCUT2D eigenvalue weighted by Crippen LogP contribution is 2.33. The molecular formula is C30H29F3O3. The smallest absolute Gasteiger partial charge is 0.339 e. The predicted octanol–water partition coefficient (Wildman–Crippen LogP) is 8.27. The minimum absolute atomic E-state index is 0.0864. The zero-order valence-corrected chi connectivity index (χ0v) is 20.5. The predicted molar refractivity (Wildman–Crippen MR) is 134 cm³/mol. The Hall–Kier alpha value is -3.54. The van der Waals surface area contributed by atoms with Gasteiger partial charge in [0.05, 0.1) is 6.61 Å². The molecule has 0 spiro atoms. The summed E-state index contributed by atoms with van der Waals surface area (Å²) in [4.78, 5) is 12.5. The summed E-state index contributed by atoms with van der Waals surface area (Å²) in [6, 6.07) is 13.6. The van der Waals surface area contributed by atoms with Gasteiger partial charge in [-0.25, -0.2) is 13.6 Å². The molecule has 0 fully saturated rings. The molecular weight excluding hydrogens is 465 g/mol. The van der Waals surface area contributed by atoms with Crippen molar-refractivity contribution >= 4 is 5.97 Å². The molecule has 1 unspecified atom stereocenters. The Balaban J connectivity index is 1.47. The molecule has 3 aromatic carbocycles. The Bertz CT molecular complexity index is 1270. The fraction of sp³-hybridized carbons (Fsp3) is 0.300. The van der Waals surface area contributed by atoms with Crippen LogP contribution in [0.25, 0.3) is 22.3 Å². The largest absolute Gasteiger partial charge is 0.491 e. The number of hydrogen-bond acceptors (Lipinski definition) is 3. The monoisotopic (exact) mass is 494 g/mol. The Labute approximate surface area is 209 Å². The molecule has 0 aromatic heterocycles. The topological polar surface area (TPSA) is 35.5 Å². The summed E-state index contributed by atoms with van der Waals surface area (Å²) in [7, 11) is 0. The Morgan fingerprint density at radius 2 is 1.61 bits per heavy atom. The van der Waals surface area contributed by atoms with Crippen LogP contribution in [-0.4, -0.2) is 12.6 Å². The molecule has 0 radical (unpaired) electrons. The van der Waals surface area contributed by atoms with E-state index >= 15 is 0 Å². The maximum absolute atomic E-state index is 14.9. The SMILES string of the molecule is CCCC1CC=C(C(=O)Oc2ccc(-c3ccc(-c4ccc(OCC)c(F)c4F)cc3)c(F)c2)CC1. The standard InChI is InChI=1S/C30H29F3O3/c1-3-5-19-6-8-22(9-7-19)30(34)36-23-14-15-24(26(31)18-23)20-10-12-21(13-11-20)25-16-17-27(35-4-2)29(33)28(25)32/h8,10-19H,3-7,9H2,1-2H3. The van der Waals surface area contributed by atoms with E-state index in [-0.39, 0.29) is 23.7 Å². The first-order valence-electron chi connectivity index (χ1n) is 12.3. The minimum Gasteiger partial charge on any atom is -0.491 e. The lowest BCUT2D eigenvalue weighted by atomic mass is 9.87. The van der Waals surface area contributed by atoms with Gasteiger partial charge >= 0.3 is 5.97 Å². The molecule has 0 saturated heterocycles. The van der Waals surface area contributed by atoms with Gasteiger partial charge in [-0.3, -0.25) is 0 Å². The van der Waals surface area contributed by atoms with Gasteiger partial charge in [-0.15, -0.1) is 0 Å². The maximum atomic E-state index is 14.9. The van der Waals surface area contributed by atoms with Gasteiger partial charge in [0.2, 0.25) is 5.82 Å². The molecule has 188 valence electrons. The molecule has 1 aliphatic rings. The first kappa shape index (κ1) is 25.5. The van der Waals surface area contributed by atoms with E-state index < -0.39 is 23.4 Å². The van der Waals surface area contributed by atoms with Gasteiger partial charge in [0, 0.05) is 22.8 Å². The summed E-state index contributed by atoms with van der Waals surface area (Å²) in [6.45, 7) is 4.07. The fourth-order valence-electron chi connectivity index (χ4n) is 4.56. The van der Waals surface area contributed by atoms with Gasteiger partial charge in [0.15, 0.2) is 11.6 Å². The molecule has 0 N–H and O–H groups in total. The van der Waals surface area contributed by atoms with Crippen LogP contribution in [-0.2, 0) is 4.79 Å². The second kappa shape index (κ2) is 11.5. The molecule has 1 atom stereocenters. The lowest BCUT2D eigenvalue weighted by Crippen LogP contribution is -2.16. The molecule has 0 aliphatic heterocycles. The first-order valence-corrected chi connectivity index (χ1v) is 12.3. The molecule has 1 aliphatic carbocycles. The summed E-state index contributed by atoms with van der Waals surface area (Å²) in [5.41, 5.74) is 2.03. The number of ether oxygens (including phenoxy) is 2. The van der Waals surface area contributed by atoms with Crippen molar-refractivity contribution in [2.24, 2.45) is 5.92 Å². The summed E-state index contributed by atoms with van der Waals surface area (Å²) >= 11 is 0. The first-order chi connectivity index (χ1) is 17.4. The van der Waals surface area contributed by atoms with Gasteiger partial charge < -0.3 is 9.47 Å². The summed E-state index contributed by atoms with van der Waals surface area (Å²) in [6.07, 6.45) is 6.73. The highest BCUT2D eigenvalue weighted by molar-refractivity contribution is 5.90. The lowest BCUT2D eigenvalue weighted by Gasteiger charge is -2.20. The van der Waals surface area contributed by atoms with Crippen molar-refractivity contribution in [2.45, 2.75) is 46.0 Å². The number of allylic oxidation sites excluding steroid dienone is 1. The van der Waals surface area contributed by atoms with E-state index in [2.05, 4.69) is 6.92 Å². The van der Waals surface area contributed by atoms with Crippen molar-refractivity contribution in [3.63, 3.8) is 0 Å². The Morgan fingerprint density at radius 3 is 2.22 bits per heavy atom. The van der Waals surface area contributed by atoms with E-state index in [9.17, 15) is 18.0 Å². The summed E-state index contributed by atoms with van der Waals surface area (Å²) < 4.78 is 54.2. The van der Waals surface area contributed by atoms with Crippen LogP contribution < -0.4 is 9.47 Å². The number of esters is 1. The van der Waals surface area contributed by atoms with Gasteiger partial charge in [0.1, 0.15) is 11.6 Å². The summed E-state index contributed by atoms with van der Waals surface area (Å²) in [5, 5.41) is 0. The van der Waals surface area contributed by atoms with Crippen LogP contribution in [0.1, 0.15) is 46.0 Å². The number of carbonyl (C=O) groups is 1. The molecule has 6 heteroatoms. The van der Waals surface area contributed by atoms with Gasteiger partial charge in [-0.1, -0.05) is 50.1 Å². The molecule has 0 bridgehead atoms. The van der Waals surface area contributed by atoms with Crippen molar-refractivity contribution in [1.82, 2.24) is 0 Å². The van der Waals surface area contributed by atoms with E-state index in [1.54, 1.807) is 37.3 Å². The van der Waals surface area contributed by atoms with Crippen molar-refractivity contribution < 1.29 is 27.4 Å². The van der Waals surface area contributed by atoms with Crippen molar-refractivity contribution in [2.75, 3.05) is 6.61 Å². The maximum Gasteiger partial charge on any atom is 0.339 e. The molecule has 3 nitrogen and oxygen atoms in total. The van der Waals surface area contributed by atoms with E-state index in [0.29, 0.717) is 34.6 Å². The van der Waals surface area contributed by atoms with Crippen molar-refractivity contribution in [3.8, 4) is 33.8 Å². The summed E-state index contributed by atoms with van der Waals surface area (Å²) in [5.74, 6) is -2.42. The second-order valence-electron chi connectivity index (χ2n) is 8.94. The fourth-order valence-corrected chi connectivity index (χ4v) is 4.56. The van der Waals surface area contributed by atoms with E-state index in [4.69, 9.17) is 9.47 Å². The molecule has 0 amide bonds. The highest BCUT2D eigenvalue weighted by Gasteiger charge is 2.20. The van der Waals surface area contributed by atoms with Crippen molar-refractivity contribution in [1.29, 1.82) is 0 Å². The molecule has 0 saturated carbocycles. The van der Waals surface area contributed by atoms with Gasteiger partial charge in [0.25, 0.3) is 0 Å². The van der Waals surface area contributed by atoms with Gasteiger partial charge in [-0.2, -0.15) is 4.39 Å². The average molecular weight is 495 g/mol. The van der Waals surface area contributed by atoms with Crippen LogP contribution in [0.5, 0.6) is 11.5 Å². The molecule has 3 aromatic rings. The number of hydrogen-bond donors (Lipinski definition) is 0. The third-order valence-electron chi connectivity index (χ3n) is 6.48. The zero-order valence-electron chi connectivity index (χ0n) is 20.5. The van der Waals surface area contributed by atoms with Crippen LogP contribution in [0.15, 0.2) is 66.2 Å². The zero-order chi connectivity index (χ0) is 25.7. The van der Waals surface area contributed by atoms with E-state index in [1.165, 1.54) is 24.3 Å². The lowest BCUT2D eigenvalue weighted by molar-refractivity contribution is -0.130. The van der Waals surface area contributed by atoms with Crippen LogP contribution in [0.4, 0.5) is 13.2 Å². The van der Waals surface area contributed by atoms with Crippen LogP contribution in [0.3, 0.4) is 0 Å². The van der Waals surface area contributed by atoms with Crippen LogP contribution in [0.2, 0.25) is 0 Å². The average Bonchev–Trinajstić information content (AvgIpc) is 2.88. The third-order valence-corrected chi connectivity index (χ3v) is 6.48. The number of rotatable bonds is 8. The molecule has 0 heterocycles. The normalized spacial score (nSPS) is 15.4. The number of halogens is 3. The third kappa shape index (κ3) is 5.64. The van der Waals surface area contributed by atoms with E-state index in [0.717, 1.165) is 25.7 Å². The Morgan fingerprint density at radius 1 is 0.917 bits per heavy atom. The number of carbonyl (C=O) groups excluding carboxylic acids is 1. The Kier molecular flexibility index (Phi) is 8.14. The minimum atomic E-state index is -1.04. The van der Waals surface area contributed by atoms with E-state index in [1.807, 2.05) is 6.08 Å². The van der Waals surface area contributed by atoms with Crippen LogP contribution >= 0.6 is 0 Å². The second-order valence-corrected chi connectivity index (χ2v) is 8.94. The highest BCUT2D eigenvalue weighted by atomic mass is 19.2. The molecule has 4 rings (SSSR count). The van der Waals surface area contributed by atoms with Gasteiger partial charge in [-0.05, 0) is 67.5 Å².